The lowest BCUT2D eigenvalue weighted by molar-refractivity contribution is -0.123. The number of thioether (sulfide) groups is 1. The first-order valence-corrected chi connectivity index (χ1v) is 11.0. The number of benzene rings is 2. The summed E-state index contributed by atoms with van der Waals surface area (Å²) in [7, 11) is 0. The Bertz CT molecular complexity index is 989. The predicted molar refractivity (Wildman–Crippen MR) is 119 cm³/mol. The first-order chi connectivity index (χ1) is 15.0. The summed E-state index contributed by atoms with van der Waals surface area (Å²) in [6, 6.07) is 12.5. The van der Waals surface area contributed by atoms with Crippen LogP contribution in [0.15, 0.2) is 47.4 Å². The van der Waals surface area contributed by atoms with Crippen molar-refractivity contribution in [2.24, 2.45) is 0 Å². The molecule has 1 atom stereocenters. The van der Waals surface area contributed by atoms with Gasteiger partial charge in [0.2, 0.25) is 5.91 Å². The second kappa shape index (κ2) is 9.40. The lowest BCUT2D eigenvalue weighted by atomic mass is 10.2. The number of ether oxygens (including phenoxy) is 2. The molecule has 2 aliphatic heterocycles. The number of anilines is 3. The van der Waals surface area contributed by atoms with Gasteiger partial charge in [-0.1, -0.05) is 0 Å². The molecule has 1 fully saturated rings. The van der Waals surface area contributed by atoms with Crippen LogP contribution in [-0.4, -0.2) is 55.9 Å². The van der Waals surface area contributed by atoms with Gasteiger partial charge < -0.3 is 25.0 Å². The van der Waals surface area contributed by atoms with Crippen LogP contribution in [0, 0.1) is 0 Å². The Hall–Kier alpha value is -3.04. The molecule has 8 nitrogen and oxygen atoms in total. The molecule has 0 aliphatic carbocycles. The number of hydrogen-bond donors (Lipinski definition) is 2. The number of nitrogens with zero attached hydrogens (tertiary/aromatic N) is 1. The Labute approximate surface area is 184 Å². The third-order valence-corrected chi connectivity index (χ3v) is 6.09. The quantitative estimate of drug-likeness (QED) is 0.689. The van der Waals surface area contributed by atoms with Crippen molar-refractivity contribution in [1.82, 2.24) is 0 Å². The molecule has 0 spiro atoms. The van der Waals surface area contributed by atoms with Crippen LogP contribution in [0.2, 0.25) is 0 Å². The van der Waals surface area contributed by atoms with Crippen LogP contribution in [-0.2, 0) is 19.1 Å². The molecule has 2 heterocycles. The number of carbonyl (C=O) groups excluding carboxylic acids is 3. The van der Waals surface area contributed by atoms with E-state index in [9.17, 15) is 14.4 Å². The van der Waals surface area contributed by atoms with Crippen LogP contribution in [0.3, 0.4) is 0 Å². The summed E-state index contributed by atoms with van der Waals surface area (Å²) in [5.41, 5.74) is 2.54. The fraction of sp³-hybridized carbons (Fsp3) is 0.318. The number of rotatable bonds is 5. The van der Waals surface area contributed by atoms with Crippen LogP contribution in [0.4, 0.5) is 17.1 Å². The lowest BCUT2D eigenvalue weighted by Crippen LogP contribution is -2.36. The summed E-state index contributed by atoms with van der Waals surface area (Å²) in [6.45, 7) is 4.60. The van der Waals surface area contributed by atoms with Crippen molar-refractivity contribution in [1.29, 1.82) is 0 Å². The van der Waals surface area contributed by atoms with Crippen molar-refractivity contribution < 1.29 is 23.9 Å². The second-order valence-corrected chi connectivity index (χ2v) is 8.25. The summed E-state index contributed by atoms with van der Waals surface area (Å²) >= 11 is 1.41. The van der Waals surface area contributed by atoms with E-state index in [1.165, 1.54) is 18.7 Å². The summed E-state index contributed by atoms with van der Waals surface area (Å²) in [4.78, 5) is 39.6. The number of fused-ring (bicyclic) bond motifs is 1. The van der Waals surface area contributed by atoms with Gasteiger partial charge in [-0.3, -0.25) is 9.59 Å². The Morgan fingerprint density at radius 2 is 1.90 bits per heavy atom. The molecular formula is C22H23N3O5S. The normalized spacial score (nSPS) is 16.7. The molecule has 9 heteroatoms. The van der Waals surface area contributed by atoms with Gasteiger partial charge in [0.25, 0.3) is 5.91 Å². The molecule has 2 aliphatic rings. The van der Waals surface area contributed by atoms with Gasteiger partial charge in [0.15, 0.2) is 6.10 Å². The van der Waals surface area contributed by atoms with E-state index in [-0.39, 0.29) is 11.5 Å². The number of nitrogens with one attached hydrogen (secondary N) is 2. The van der Waals surface area contributed by atoms with Crippen LogP contribution < -0.4 is 15.5 Å². The minimum atomic E-state index is -0.980. The number of morpholine rings is 1. The molecule has 4 rings (SSSR count). The summed E-state index contributed by atoms with van der Waals surface area (Å²) in [5, 5.41) is 5.50. The molecule has 2 aromatic rings. The third-order valence-electron chi connectivity index (χ3n) is 5.01. The van der Waals surface area contributed by atoms with E-state index in [0.717, 1.165) is 23.7 Å². The van der Waals surface area contributed by atoms with E-state index in [1.54, 1.807) is 18.2 Å². The maximum absolute atomic E-state index is 12.5. The Balaban J connectivity index is 1.33. The zero-order valence-corrected chi connectivity index (χ0v) is 17.9. The van der Waals surface area contributed by atoms with Crippen molar-refractivity contribution in [2.75, 3.05) is 47.6 Å². The molecule has 0 saturated carbocycles. The largest absolute Gasteiger partial charge is 0.449 e. The maximum atomic E-state index is 12.5. The van der Waals surface area contributed by atoms with E-state index >= 15 is 0 Å². The molecule has 0 aromatic heterocycles. The summed E-state index contributed by atoms with van der Waals surface area (Å²) < 4.78 is 10.7. The van der Waals surface area contributed by atoms with Crippen molar-refractivity contribution >= 4 is 46.6 Å². The van der Waals surface area contributed by atoms with Gasteiger partial charge >= 0.3 is 5.97 Å². The number of esters is 1. The van der Waals surface area contributed by atoms with Gasteiger partial charge in [0, 0.05) is 29.4 Å². The fourth-order valence-electron chi connectivity index (χ4n) is 3.31. The van der Waals surface area contributed by atoms with E-state index in [2.05, 4.69) is 15.5 Å². The van der Waals surface area contributed by atoms with Gasteiger partial charge in [-0.25, -0.2) is 4.79 Å². The molecule has 1 saturated heterocycles. The predicted octanol–water partition coefficient (Wildman–Crippen LogP) is 2.75. The zero-order valence-electron chi connectivity index (χ0n) is 17.1. The fourth-order valence-corrected chi connectivity index (χ4v) is 4.10. The summed E-state index contributed by atoms with van der Waals surface area (Å²) in [6.07, 6.45) is -0.980. The topological polar surface area (TPSA) is 97.0 Å². The average molecular weight is 442 g/mol. The Morgan fingerprint density at radius 3 is 2.65 bits per heavy atom. The lowest BCUT2D eigenvalue weighted by Gasteiger charge is -2.28. The minimum absolute atomic E-state index is 0.115. The Morgan fingerprint density at radius 1 is 1.16 bits per heavy atom. The Kier molecular flexibility index (Phi) is 6.43. The highest BCUT2D eigenvalue weighted by Gasteiger charge is 2.22. The smallest absolute Gasteiger partial charge is 0.338 e. The van der Waals surface area contributed by atoms with Crippen molar-refractivity contribution in [3.63, 3.8) is 0 Å². The van der Waals surface area contributed by atoms with Crippen molar-refractivity contribution in [3.05, 3.63) is 48.0 Å². The monoisotopic (exact) mass is 441 g/mol. The van der Waals surface area contributed by atoms with Crippen LogP contribution in [0.25, 0.3) is 0 Å². The van der Waals surface area contributed by atoms with E-state index in [4.69, 9.17) is 9.47 Å². The second-order valence-electron chi connectivity index (χ2n) is 7.23. The molecule has 0 bridgehead atoms. The van der Waals surface area contributed by atoms with Crippen molar-refractivity contribution in [2.45, 2.75) is 17.9 Å². The number of hydrogen-bond acceptors (Lipinski definition) is 7. The average Bonchev–Trinajstić information content (AvgIpc) is 2.79. The zero-order chi connectivity index (χ0) is 21.8. The maximum Gasteiger partial charge on any atom is 0.338 e. The van der Waals surface area contributed by atoms with Crippen molar-refractivity contribution in [3.8, 4) is 0 Å². The van der Waals surface area contributed by atoms with E-state index < -0.39 is 18.0 Å². The first kappa shape index (κ1) is 21.2. The number of carbonyl (C=O) groups is 3. The van der Waals surface area contributed by atoms with Gasteiger partial charge in [0.05, 0.1) is 30.2 Å². The standard InChI is InChI=1S/C22H23N3O5S/c1-14(30-22(28)15-2-7-19-18(12-15)24-20(26)13-31-19)21(27)23-16-3-5-17(6-4-16)25-8-10-29-11-9-25/h2-7,12,14H,8-11,13H2,1H3,(H,23,27)(H,24,26). The minimum Gasteiger partial charge on any atom is -0.449 e. The van der Waals surface area contributed by atoms with Crippen LogP contribution >= 0.6 is 11.8 Å². The van der Waals surface area contributed by atoms with Gasteiger partial charge in [-0.05, 0) is 49.4 Å². The van der Waals surface area contributed by atoms with Gasteiger partial charge in [-0.2, -0.15) is 0 Å². The molecule has 31 heavy (non-hydrogen) atoms. The molecule has 162 valence electrons. The number of amides is 2. The van der Waals surface area contributed by atoms with Crippen LogP contribution in [0.5, 0.6) is 0 Å². The highest BCUT2D eigenvalue weighted by molar-refractivity contribution is 8.00. The molecule has 2 aromatic carbocycles. The first-order valence-electron chi connectivity index (χ1n) is 10.0. The highest BCUT2D eigenvalue weighted by atomic mass is 32.2. The van der Waals surface area contributed by atoms with E-state index in [0.29, 0.717) is 30.3 Å². The van der Waals surface area contributed by atoms with Gasteiger partial charge in [0.1, 0.15) is 0 Å². The molecule has 0 radical (unpaired) electrons. The van der Waals surface area contributed by atoms with Gasteiger partial charge in [-0.15, -0.1) is 11.8 Å². The molecule has 1 unspecified atom stereocenters. The molecule has 2 N–H and O–H groups in total. The van der Waals surface area contributed by atoms with E-state index in [1.807, 2.05) is 24.3 Å². The summed E-state index contributed by atoms with van der Waals surface area (Å²) in [5.74, 6) is -0.816. The third kappa shape index (κ3) is 5.18. The highest BCUT2D eigenvalue weighted by Crippen LogP contribution is 2.32. The SMILES string of the molecule is CC(OC(=O)c1ccc2c(c1)NC(=O)CS2)C(=O)Nc1ccc(N2CCOCC2)cc1. The molecule has 2 amide bonds. The molecular weight excluding hydrogens is 418 g/mol. The van der Waals surface area contributed by atoms with Crippen LogP contribution in [0.1, 0.15) is 17.3 Å².